The molecular weight excluding hydrogens is 412 g/mol. The molecule has 1 aromatic carbocycles. The monoisotopic (exact) mass is 442 g/mol. The molecule has 0 saturated carbocycles. The Bertz CT molecular complexity index is 892. The zero-order valence-electron chi connectivity index (χ0n) is 17.8. The molecule has 4 rings (SSSR count). The van der Waals surface area contributed by atoms with E-state index in [-0.39, 0.29) is 18.1 Å². The van der Waals surface area contributed by atoms with Gasteiger partial charge in [0.15, 0.2) is 0 Å². The molecular formula is C20H30N10O2. The molecule has 4 atom stereocenters. The molecule has 172 valence electrons. The summed E-state index contributed by atoms with van der Waals surface area (Å²) in [6.07, 6.45) is 0.703. The predicted octanol–water partition coefficient (Wildman–Crippen LogP) is -1.52. The summed E-state index contributed by atoms with van der Waals surface area (Å²) in [7, 11) is 0. The molecule has 2 fully saturated rings. The number of β-amino-alcohol motifs (C(OH)–C–C–N with tert-alkyl or cyclic N) is 1. The average molecular weight is 443 g/mol. The first-order valence-corrected chi connectivity index (χ1v) is 10.6. The third kappa shape index (κ3) is 5.22. The van der Waals surface area contributed by atoms with Gasteiger partial charge in [-0.3, -0.25) is 4.79 Å². The van der Waals surface area contributed by atoms with Gasteiger partial charge in [-0.25, -0.2) is 0 Å². The van der Waals surface area contributed by atoms with Gasteiger partial charge in [0, 0.05) is 55.6 Å². The zero-order valence-corrected chi connectivity index (χ0v) is 17.8. The van der Waals surface area contributed by atoms with Gasteiger partial charge in [0.1, 0.15) is 0 Å². The summed E-state index contributed by atoms with van der Waals surface area (Å²) < 4.78 is 0. The van der Waals surface area contributed by atoms with Gasteiger partial charge in [-0.1, -0.05) is 0 Å². The van der Waals surface area contributed by atoms with E-state index in [1.807, 2.05) is 9.80 Å². The van der Waals surface area contributed by atoms with E-state index < -0.39 is 12.0 Å². The van der Waals surface area contributed by atoms with Gasteiger partial charge in [0.25, 0.3) is 0 Å². The molecule has 0 unspecified atom stereocenters. The number of hydrogen-bond acceptors (Lipinski definition) is 11. The lowest BCUT2D eigenvalue weighted by atomic mass is 10.0. The van der Waals surface area contributed by atoms with Crippen molar-refractivity contribution in [2.45, 2.75) is 37.1 Å². The molecule has 0 spiro atoms. The van der Waals surface area contributed by atoms with E-state index in [4.69, 9.17) is 22.9 Å². The highest BCUT2D eigenvalue weighted by Gasteiger charge is 2.29. The van der Waals surface area contributed by atoms with Crippen LogP contribution in [0.4, 0.5) is 23.5 Å². The molecule has 10 N–H and O–H groups in total. The number of aromatic nitrogens is 3. The fourth-order valence-corrected chi connectivity index (χ4v) is 4.16. The second-order valence-electron chi connectivity index (χ2n) is 8.54. The molecule has 2 aromatic rings. The second-order valence-corrected chi connectivity index (χ2v) is 8.54. The minimum absolute atomic E-state index is 0.0815. The van der Waals surface area contributed by atoms with Crippen LogP contribution in [-0.4, -0.2) is 76.4 Å². The Hall–Kier alpha value is -3.06. The third-order valence-electron chi connectivity index (χ3n) is 5.58. The van der Waals surface area contributed by atoms with Crippen LogP contribution in [-0.2, 0) is 0 Å². The summed E-state index contributed by atoms with van der Waals surface area (Å²) in [5.41, 5.74) is 24.8. The number of carbonyl (C=O) groups excluding carboxylic acids is 1. The Morgan fingerprint density at radius 1 is 0.875 bits per heavy atom. The molecule has 1 amide bonds. The number of nitrogens with two attached hydrogens (primary N) is 4. The molecule has 2 aliphatic heterocycles. The van der Waals surface area contributed by atoms with E-state index in [2.05, 4.69) is 20.3 Å². The largest absolute Gasteiger partial charge is 0.391 e. The number of benzene rings is 1. The van der Waals surface area contributed by atoms with Crippen LogP contribution in [0, 0.1) is 0 Å². The van der Waals surface area contributed by atoms with Crippen LogP contribution in [0.25, 0.3) is 0 Å². The number of aliphatic hydroxyl groups excluding tert-OH is 1. The number of amides is 1. The first kappa shape index (κ1) is 22.1. The van der Waals surface area contributed by atoms with E-state index in [1.54, 1.807) is 24.3 Å². The van der Waals surface area contributed by atoms with Gasteiger partial charge in [-0.2, -0.15) is 15.0 Å². The Labute approximate surface area is 186 Å². The Morgan fingerprint density at radius 3 is 1.94 bits per heavy atom. The lowest BCUT2D eigenvalue weighted by Crippen LogP contribution is -2.53. The number of piperidine rings is 2. The second kappa shape index (κ2) is 9.20. The summed E-state index contributed by atoms with van der Waals surface area (Å²) in [4.78, 5) is 28.9. The van der Waals surface area contributed by atoms with Gasteiger partial charge >= 0.3 is 0 Å². The van der Waals surface area contributed by atoms with Crippen LogP contribution in [0.3, 0.4) is 0 Å². The van der Waals surface area contributed by atoms with Crippen molar-refractivity contribution < 1.29 is 9.90 Å². The van der Waals surface area contributed by atoms with Crippen molar-refractivity contribution >= 4 is 29.4 Å². The zero-order chi connectivity index (χ0) is 22.8. The number of nitrogens with one attached hydrogen (secondary N) is 1. The van der Waals surface area contributed by atoms with Crippen molar-refractivity contribution in [2.75, 3.05) is 41.3 Å². The number of anilines is 4. The standard InChI is InChI=1S/C20H30N10O2/c21-12-5-13(22)8-29(7-12)19-26-18(25-15-3-1-11(2-4-15)17(24)32)27-20(28-19)30-9-14(23)6-16(31)10-30/h1-4,12-14,16,31H,5-10,21-23H2,(H2,24,32)(H,25,26,27,28)/t12-,13+,14-,16+/m0/s1. The minimum Gasteiger partial charge on any atom is -0.391 e. The van der Waals surface area contributed by atoms with Crippen LogP contribution in [0.5, 0.6) is 0 Å². The van der Waals surface area contributed by atoms with Crippen molar-refractivity contribution in [3.63, 3.8) is 0 Å². The molecule has 0 radical (unpaired) electrons. The summed E-state index contributed by atoms with van der Waals surface area (Å²) in [6, 6.07) is 6.33. The summed E-state index contributed by atoms with van der Waals surface area (Å²) in [6.45, 7) is 2.05. The van der Waals surface area contributed by atoms with E-state index in [0.717, 1.165) is 6.42 Å². The first-order chi connectivity index (χ1) is 15.3. The smallest absolute Gasteiger partial charge is 0.248 e. The molecule has 3 heterocycles. The number of primary amides is 1. The summed E-state index contributed by atoms with van der Waals surface area (Å²) >= 11 is 0. The lowest BCUT2D eigenvalue weighted by Gasteiger charge is -2.36. The van der Waals surface area contributed by atoms with Crippen LogP contribution < -0.4 is 38.1 Å². The predicted molar refractivity (Wildman–Crippen MR) is 122 cm³/mol. The Kier molecular flexibility index (Phi) is 6.37. The molecule has 12 heteroatoms. The molecule has 0 aliphatic carbocycles. The maximum atomic E-state index is 11.3. The molecule has 2 aliphatic rings. The molecule has 1 aromatic heterocycles. The Morgan fingerprint density at radius 2 is 1.41 bits per heavy atom. The quantitative estimate of drug-likeness (QED) is 0.314. The maximum Gasteiger partial charge on any atom is 0.248 e. The van der Waals surface area contributed by atoms with Crippen molar-refractivity contribution in [3.05, 3.63) is 29.8 Å². The minimum atomic E-state index is -0.562. The van der Waals surface area contributed by atoms with Crippen LogP contribution in [0.1, 0.15) is 23.2 Å². The lowest BCUT2D eigenvalue weighted by molar-refractivity contribution is 0.1000. The van der Waals surface area contributed by atoms with Crippen molar-refractivity contribution in [1.29, 1.82) is 0 Å². The average Bonchev–Trinajstić information content (AvgIpc) is 2.72. The Balaban J connectivity index is 1.65. The van der Waals surface area contributed by atoms with Gasteiger partial charge < -0.3 is 43.2 Å². The van der Waals surface area contributed by atoms with E-state index >= 15 is 0 Å². The normalized spacial score (nSPS) is 26.1. The summed E-state index contributed by atoms with van der Waals surface area (Å²) in [5.74, 6) is 0.677. The van der Waals surface area contributed by atoms with E-state index in [1.165, 1.54) is 0 Å². The van der Waals surface area contributed by atoms with Crippen molar-refractivity contribution in [1.82, 2.24) is 15.0 Å². The van der Waals surface area contributed by atoms with Crippen molar-refractivity contribution in [3.8, 4) is 0 Å². The summed E-state index contributed by atoms with van der Waals surface area (Å²) in [5, 5.41) is 13.3. The van der Waals surface area contributed by atoms with E-state index in [9.17, 15) is 9.90 Å². The number of nitrogens with zero attached hydrogens (tertiary/aromatic N) is 5. The van der Waals surface area contributed by atoms with Crippen LogP contribution >= 0.6 is 0 Å². The van der Waals surface area contributed by atoms with Gasteiger partial charge in [0.05, 0.1) is 6.10 Å². The number of rotatable bonds is 5. The molecule has 12 nitrogen and oxygen atoms in total. The topological polar surface area (TPSA) is 199 Å². The number of aliphatic hydroxyl groups is 1. The number of hydrogen-bond donors (Lipinski definition) is 6. The molecule has 0 bridgehead atoms. The van der Waals surface area contributed by atoms with Crippen LogP contribution in [0.2, 0.25) is 0 Å². The van der Waals surface area contributed by atoms with Crippen molar-refractivity contribution in [2.24, 2.45) is 22.9 Å². The maximum absolute atomic E-state index is 11.3. The highest BCUT2D eigenvalue weighted by molar-refractivity contribution is 5.93. The molecule has 2 saturated heterocycles. The van der Waals surface area contributed by atoms with Gasteiger partial charge in [-0.05, 0) is 37.1 Å². The van der Waals surface area contributed by atoms with Gasteiger partial charge in [-0.15, -0.1) is 0 Å². The fraction of sp³-hybridized carbons (Fsp3) is 0.500. The first-order valence-electron chi connectivity index (χ1n) is 10.6. The van der Waals surface area contributed by atoms with Crippen LogP contribution in [0.15, 0.2) is 24.3 Å². The van der Waals surface area contributed by atoms with E-state index in [0.29, 0.717) is 61.7 Å². The molecule has 32 heavy (non-hydrogen) atoms. The highest BCUT2D eigenvalue weighted by Crippen LogP contribution is 2.24. The number of carbonyl (C=O) groups is 1. The highest BCUT2D eigenvalue weighted by atomic mass is 16.3. The SMILES string of the molecule is NC(=O)c1ccc(Nc2nc(N3C[C@H](N)C[C@H](N)C3)nc(N3C[C@@H](N)C[C@@H](O)C3)n2)cc1. The third-order valence-corrected chi connectivity index (χ3v) is 5.58. The van der Waals surface area contributed by atoms with Gasteiger partial charge in [0.2, 0.25) is 23.8 Å². The fourth-order valence-electron chi connectivity index (χ4n) is 4.16.